The minimum Gasteiger partial charge on any atom is -0.389 e. The summed E-state index contributed by atoms with van der Waals surface area (Å²) >= 11 is 0. The number of hydrogen-bond donors (Lipinski definition) is 1. The molecule has 16 heavy (non-hydrogen) atoms. The van der Waals surface area contributed by atoms with Gasteiger partial charge in [0.25, 0.3) is 5.56 Å². The van der Waals surface area contributed by atoms with E-state index in [1.807, 2.05) is 13.8 Å². The molecule has 0 radical (unpaired) electrons. The zero-order valence-corrected chi connectivity index (χ0v) is 9.39. The molecule has 0 aliphatic carbocycles. The van der Waals surface area contributed by atoms with Crippen molar-refractivity contribution in [2.45, 2.75) is 32.6 Å². The van der Waals surface area contributed by atoms with Crippen molar-refractivity contribution in [3.8, 4) is 0 Å². The van der Waals surface area contributed by atoms with Gasteiger partial charge in [-0.15, -0.1) is 0 Å². The molecular formula is C11H16FNO3. The van der Waals surface area contributed by atoms with Crippen molar-refractivity contribution in [3.05, 3.63) is 34.5 Å². The summed E-state index contributed by atoms with van der Waals surface area (Å²) in [6, 6.07) is 2.22. The third-order valence-electron chi connectivity index (χ3n) is 1.98. The number of aromatic nitrogens is 1. The van der Waals surface area contributed by atoms with E-state index in [2.05, 4.69) is 0 Å². The van der Waals surface area contributed by atoms with Gasteiger partial charge in [0.15, 0.2) is 0 Å². The maximum absolute atomic E-state index is 12.8. The molecule has 1 atom stereocenters. The SMILES string of the molecule is CC(C)OC[C@@H](O)Cn1cc(F)ccc1=O. The van der Waals surface area contributed by atoms with Crippen LogP contribution in [0.2, 0.25) is 0 Å². The van der Waals surface area contributed by atoms with Gasteiger partial charge >= 0.3 is 0 Å². The lowest BCUT2D eigenvalue weighted by atomic mass is 10.3. The fourth-order valence-corrected chi connectivity index (χ4v) is 1.23. The van der Waals surface area contributed by atoms with Gasteiger partial charge in [-0.1, -0.05) is 0 Å². The maximum atomic E-state index is 12.8. The third-order valence-corrected chi connectivity index (χ3v) is 1.98. The van der Waals surface area contributed by atoms with Crippen LogP contribution in [0.5, 0.6) is 0 Å². The molecule has 1 rings (SSSR count). The highest BCUT2D eigenvalue weighted by Crippen LogP contribution is 1.97. The molecule has 0 aromatic carbocycles. The molecule has 0 saturated carbocycles. The van der Waals surface area contributed by atoms with Gasteiger partial charge in [-0.3, -0.25) is 4.79 Å². The monoisotopic (exact) mass is 229 g/mol. The van der Waals surface area contributed by atoms with Crippen LogP contribution in [0.25, 0.3) is 0 Å². The van der Waals surface area contributed by atoms with Crippen LogP contribution in [0.15, 0.2) is 23.1 Å². The fourth-order valence-electron chi connectivity index (χ4n) is 1.23. The Kier molecular flexibility index (Phi) is 4.64. The average molecular weight is 229 g/mol. The van der Waals surface area contributed by atoms with E-state index in [0.29, 0.717) is 0 Å². The predicted octanol–water partition coefficient (Wildman–Crippen LogP) is 0.773. The van der Waals surface area contributed by atoms with Crippen molar-refractivity contribution in [1.82, 2.24) is 4.57 Å². The molecule has 0 saturated heterocycles. The summed E-state index contributed by atoms with van der Waals surface area (Å²) in [6.07, 6.45) is 0.266. The van der Waals surface area contributed by atoms with Crippen molar-refractivity contribution < 1.29 is 14.2 Å². The van der Waals surface area contributed by atoms with Crippen LogP contribution in [-0.2, 0) is 11.3 Å². The molecule has 1 aromatic heterocycles. The van der Waals surface area contributed by atoms with Crippen LogP contribution in [0.4, 0.5) is 4.39 Å². The molecule has 0 amide bonds. The molecular weight excluding hydrogens is 213 g/mol. The van der Waals surface area contributed by atoms with Gasteiger partial charge in [-0.05, 0) is 19.9 Å². The minimum atomic E-state index is -0.818. The zero-order chi connectivity index (χ0) is 12.1. The van der Waals surface area contributed by atoms with Crippen LogP contribution in [0, 0.1) is 5.82 Å². The van der Waals surface area contributed by atoms with Crippen molar-refractivity contribution in [3.63, 3.8) is 0 Å². The highest BCUT2D eigenvalue weighted by molar-refractivity contribution is 4.96. The molecule has 0 aliphatic heterocycles. The van der Waals surface area contributed by atoms with E-state index in [1.165, 1.54) is 0 Å². The van der Waals surface area contributed by atoms with E-state index in [0.717, 1.165) is 22.9 Å². The number of aliphatic hydroxyl groups is 1. The Hall–Kier alpha value is -1.20. The lowest BCUT2D eigenvalue weighted by Gasteiger charge is -2.14. The number of rotatable bonds is 5. The van der Waals surface area contributed by atoms with Crippen molar-refractivity contribution in [2.24, 2.45) is 0 Å². The smallest absolute Gasteiger partial charge is 0.250 e. The van der Waals surface area contributed by atoms with Crippen LogP contribution in [0.1, 0.15) is 13.8 Å². The summed E-state index contributed by atoms with van der Waals surface area (Å²) in [6.45, 7) is 3.85. The van der Waals surface area contributed by atoms with Crippen molar-refractivity contribution in [2.75, 3.05) is 6.61 Å². The Morgan fingerprint density at radius 2 is 2.19 bits per heavy atom. The maximum Gasteiger partial charge on any atom is 0.250 e. The quantitative estimate of drug-likeness (QED) is 0.811. The summed E-state index contributed by atoms with van der Waals surface area (Å²) in [5.41, 5.74) is -0.343. The molecule has 0 fully saturated rings. The number of hydrogen-bond acceptors (Lipinski definition) is 3. The second kappa shape index (κ2) is 5.77. The molecule has 1 aromatic rings. The van der Waals surface area contributed by atoms with E-state index >= 15 is 0 Å². The Bertz CT molecular complexity index is 389. The number of ether oxygens (including phenoxy) is 1. The predicted molar refractivity (Wildman–Crippen MR) is 57.8 cm³/mol. The number of pyridine rings is 1. The van der Waals surface area contributed by atoms with E-state index in [-0.39, 0.29) is 24.8 Å². The van der Waals surface area contributed by atoms with E-state index in [1.54, 1.807) is 0 Å². The molecule has 90 valence electrons. The average Bonchev–Trinajstić information content (AvgIpc) is 2.20. The second-order valence-electron chi connectivity index (χ2n) is 3.87. The lowest BCUT2D eigenvalue weighted by molar-refractivity contribution is -0.00115. The highest BCUT2D eigenvalue weighted by atomic mass is 19.1. The first-order chi connectivity index (χ1) is 7.49. The van der Waals surface area contributed by atoms with Crippen molar-refractivity contribution >= 4 is 0 Å². The summed E-state index contributed by atoms with van der Waals surface area (Å²) < 4.78 is 19.2. The normalized spacial score (nSPS) is 13.1. The minimum absolute atomic E-state index is 0.0129. The zero-order valence-electron chi connectivity index (χ0n) is 9.39. The molecule has 4 nitrogen and oxygen atoms in total. The number of aliphatic hydroxyl groups excluding tert-OH is 1. The first kappa shape index (κ1) is 12.9. The van der Waals surface area contributed by atoms with Gasteiger partial charge in [0.2, 0.25) is 0 Å². The second-order valence-corrected chi connectivity index (χ2v) is 3.87. The summed E-state index contributed by atoms with van der Waals surface area (Å²) in [4.78, 5) is 11.3. The topological polar surface area (TPSA) is 51.5 Å². The highest BCUT2D eigenvalue weighted by Gasteiger charge is 2.08. The lowest BCUT2D eigenvalue weighted by Crippen LogP contribution is -2.29. The first-order valence-corrected chi connectivity index (χ1v) is 5.14. The van der Waals surface area contributed by atoms with Gasteiger partial charge in [0, 0.05) is 12.3 Å². The third kappa shape index (κ3) is 4.12. The Balaban J connectivity index is 2.58. The summed E-state index contributed by atoms with van der Waals surface area (Å²) in [5.74, 6) is -0.503. The van der Waals surface area contributed by atoms with E-state index in [9.17, 15) is 14.3 Å². The molecule has 0 aliphatic rings. The molecule has 1 N–H and O–H groups in total. The van der Waals surface area contributed by atoms with Crippen molar-refractivity contribution in [1.29, 1.82) is 0 Å². The van der Waals surface area contributed by atoms with Gasteiger partial charge in [-0.25, -0.2) is 4.39 Å². The van der Waals surface area contributed by atoms with E-state index < -0.39 is 11.9 Å². The van der Waals surface area contributed by atoms with E-state index in [4.69, 9.17) is 4.74 Å². The molecule has 0 unspecified atom stereocenters. The van der Waals surface area contributed by atoms with Gasteiger partial charge < -0.3 is 14.4 Å². The molecule has 5 heteroatoms. The first-order valence-electron chi connectivity index (χ1n) is 5.14. The molecule has 1 heterocycles. The van der Waals surface area contributed by atoms with Crippen LogP contribution in [0.3, 0.4) is 0 Å². The van der Waals surface area contributed by atoms with Crippen LogP contribution in [-0.4, -0.2) is 28.5 Å². The number of halogens is 1. The Labute approximate surface area is 93.3 Å². The standard InChI is InChI=1S/C11H16FNO3/c1-8(2)16-7-10(14)6-13-5-9(12)3-4-11(13)15/h3-5,8,10,14H,6-7H2,1-2H3/t10-/m0/s1. The van der Waals surface area contributed by atoms with Crippen LogP contribution >= 0.6 is 0 Å². The van der Waals surface area contributed by atoms with Gasteiger partial charge in [0.1, 0.15) is 5.82 Å². The summed E-state index contributed by atoms with van der Waals surface area (Å²) in [7, 11) is 0. The Morgan fingerprint density at radius 1 is 1.50 bits per heavy atom. The van der Waals surface area contributed by atoms with Crippen LogP contribution < -0.4 is 5.56 Å². The summed E-state index contributed by atoms with van der Waals surface area (Å²) in [5, 5.41) is 9.56. The largest absolute Gasteiger partial charge is 0.389 e. The van der Waals surface area contributed by atoms with Gasteiger partial charge in [0.05, 0.1) is 25.4 Å². The molecule has 0 spiro atoms. The number of nitrogens with zero attached hydrogens (tertiary/aromatic N) is 1. The molecule has 0 bridgehead atoms. The Morgan fingerprint density at radius 3 is 2.81 bits per heavy atom. The van der Waals surface area contributed by atoms with Gasteiger partial charge in [-0.2, -0.15) is 0 Å². The fraction of sp³-hybridized carbons (Fsp3) is 0.545.